The fourth-order valence-electron chi connectivity index (χ4n) is 2.33. The van der Waals surface area contributed by atoms with E-state index in [0.29, 0.717) is 35.1 Å². The molecule has 106 valence electrons. The van der Waals surface area contributed by atoms with Crippen molar-refractivity contribution in [2.24, 2.45) is 0 Å². The van der Waals surface area contributed by atoms with Crippen molar-refractivity contribution in [3.63, 3.8) is 0 Å². The molecule has 1 fully saturated rings. The quantitative estimate of drug-likeness (QED) is 0.859. The molecular weight excluding hydrogens is 326 g/mol. The molecular formula is C13H14BrN3O3. The van der Waals surface area contributed by atoms with Crippen LogP contribution in [0.2, 0.25) is 0 Å². The maximum atomic E-state index is 11.9. The van der Waals surface area contributed by atoms with E-state index in [1.807, 2.05) is 18.7 Å². The number of nitrogens with zero attached hydrogens (tertiary/aromatic N) is 3. The SMILES string of the molecule is CC(C)N1CC(c2nc(-c3ccc(Br)o3)no2)CC1=O. The van der Waals surface area contributed by atoms with Gasteiger partial charge in [-0.2, -0.15) is 4.98 Å². The van der Waals surface area contributed by atoms with Gasteiger partial charge in [-0.15, -0.1) is 0 Å². The van der Waals surface area contributed by atoms with Crippen molar-refractivity contribution >= 4 is 21.8 Å². The maximum Gasteiger partial charge on any atom is 0.238 e. The summed E-state index contributed by atoms with van der Waals surface area (Å²) in [6.07, 6.45) is 0.418. The van der Waals surface area contributed by atoms with Crippen LogP contribution < -0.4 is 0 Å². The zero-order valence-corrected chi connectivity index (χ0v) is 12.8. The summed E-state index contributed by atoms with van der Waals surface area (Å²) in [7, 11) is 0. The van der Waals surface area contributed by atoms with Gasteiger partial charge in [-0.1, -0.05) is 5.16 Å². The van der Waals surface area contributed by atoms with Crippen molar-refractivity contribution in [2.45, 2.75) is 32.2 Å². The second kappa shape index (κ2) is 5.05. The molecule has 0 radical (unpaired) electrons. The van der Waals surface area contributed by atoms with Gasteiger partial charge < -0.3 is 13.8 Å². The molecule has 0 saturated carbocycles. The number of carbonyl (C=O) groups excluding carboxylic acids is 1. The first-order chi connectivity index (χ1) is 9.54. The van der Waals surface area contributed by atoms with E-state index in [0.717, 1.165) is 0 Å². The van der Waals surface area contributed by atoms with Crippen LogP contribution in [-0.2, 0) is 4.79 Å². The van der Waals surface area contributed by atoms with E-state index in [2.05, 4.69) is 26.1 Å². The molecule has 1 atom stereocenters. The lowest BCUT2D eigenvalue weighted by Crippen LogP contribution is -2.31. The number of carbonyl (C=O) groups is 1. The largest absolute Gasteiger partial charge is 0.446 e. The minimum atomic E-state index is -0.0375. The van der Waals surface area contributed by atoms with Crippen LogP contribution in [0.15, 0.2) is 25.7 Å². The van der Waals surface area contributed by atoms with Gasteiger partial charge in [-0.3, -0.25) is 4.79 Å². The van der Waals surface area contributed by atoms with Gasteiger partial charge in [0.15, 0.2) is 10.4 Å². The lowest BCUT2D eigenvalue weighted by Gasteiger charge is -2.20. The third-order valence-corrected chi connectivity index (χ3v) is 3.79. The minimum absolute atomic E-state index is 0.0375. The van der Waals surface area contributed by atoms with E-state index in [-0.39, 0.29) is 17.9 Å². The molecule has 6 nitrogen and oxygen atoms in total. The molecule has 2 aromatic heterocycles. The summed E-state index contributed by atoms with van der Waals surface area (Å²) in [6, 6.07) is 3.72. The first kappa shape index (κ1) is 13.4. The van der Waals surface area contributed by atoms with Gasteiger partial charge in [0.2, 0.25) is 17.6 Å². The number of furan rings is 1. The van der Waals surface area contributed by atoms with E-state index in [1.165, 1.54) is 0 Å². The van der Waals surface area contributed by atoms with Crippen LogP contribution in [0.4, 0.5) is 0 Å². The first-order valence-electron chi connectivity index (χ1n) is 6.43. The van der Waals surface area contributed by atoms with Gasteiger partial charge >= 0.3 is 0 Å². The normalized spacial score (nSPS) is 19.3. The molecule has 1 saturated heterocycles. The smallest absolute Gasteiger partial charge is 0.238 e. The number of amides is 1. The van der Waals surface area contributed by atoms with Crippen LogP contribution in [0.1, 0.15) is 32.1 Å². The molecule has 20 heavy (non-hydrogen) atoms. The molecule has 2 aromatic rings. The second-order valence-corrected chi connectivity index (χ2v) is 5.88. The first-order valence-corrected chi connectivity index (χ1v) is 7.22. The molecule has 0 spiro atoms. The minimum Gasteiger partial charge on any atom is -0.446 e. The van der Waals surface area contributed by atoms with Crippen molar-refractivity contribution in [3.05, 3.63) is 22.7 Å². The number of rotatable bonds is 3. The van der Waals surface area contributed by atoms with Crippen molar-refractivity contribution < 1.29 is 13.7 Å². The van der Waals surface area contributed by atoms with E-state index in [9.17, 15) is 4.79 Å². The third kappa shape index (κ3) is 2.37. The molecule has 1 aliphatic heterocycles. The zero-order chi connectivity index (χ0) is 14.3. The van der Waals surface area contributed by atoms with Crippen LogP contribution in [0.5, 0.6) is 0 Å². The Hall–Kier alpha value is -1.63. The Labute approximate surface area is 124 Å². The average molecular weight is 340 g/mol. The number of halogens is 1. The Kier molecular flexibility index (Phi) is 3.37. The summed E-state index contributed by atoms with van der Waals surface area (Å²) in [4.78, 5) is 18.1. The number of hydrogen-bond donors (Lipinski definition) is 0. The van der Waals surface area contributed by atoms with Gasteiger partial charge in [0, 0.05) is 19.0 Å². The van der Waals surface area contributed by atoms with Gasteiger partial charge in [-0.05, 0) is 41.9 Å². The van der Waals surface area contributed by atoms with Gasteiger partial charge in [0.1, 0.15) is 0 Å². The highest BCUT2D eigenvalue weighted by molar-refractivity contribution is 9.10. The molecule has 0 N–H and O–H groups in total. The Balaban J connectivity index is 1.80. The fraction of sp³-hybridized carbons (Fsp3) is 0.462. The highest BCUT2D eigenvalue weighted by Crippen LogP contribution is 2.30. The Bertz CT molecular complexity index is 634. The maximum absolute atomic E-state index is 11.9. The van der Waals surface area contributed by atoms with Gasteiger partial charge in [0.25, 0.3) is 0 Å². The predicted octanol–water partition coefficient (Wildman–Crippen LogP) is 2.82. The monoisotopic (exact) mass is 339 g/mol. The average Bonchev–Trinajstić information content (AvgIpc) is 3.06. The third-order valence-electron chi connectivity index (χ3n) is 3.37. The number of aromatic nitrogens is 2. The summed E-state index contributed by atoms with van der Waals surface area (Å²) in [5.41, 5.74) is 0. The van der Waals surface area contributed by atoms with Crippen LogP contribution in [0.25, 0.3) is 11.6 Å². The summed E-state index contributed by atoms with van der Waals surface area (Å²) in [5.74, 6) is 1.53. The molecule has 3 rings (SSSR count). The lowest BCUT2D eigenvalue weighted by molar-refractivity contribution is -0.129. The van der Waals surface area contributed by atoms with E-state index in [4.69, 9.17) is 8.94 Å². The Morgan fingerprint density at radius 1 is 1.45 bits per heavy atom. The molecule has 0 aliphatic carbocycles. The molecule has 3 heterocycles. The molecule has 0 bridgehead atoms. The lowest BCUT2D eigenvalue weighted by atomic mass is 10.1. The predicted molar refractivity (Wildman–Crippen MR) is 73.9 cm³/mol. The Morgan fingerprint density at radius 3 is 2.85 bits per heavy atom. The van der Waals surface area contributed by atoms with Crippen LogP contribution in [-0.4, -0.2) is 33.5 Å². The van der Waals surface area contributed by atoms with Crippen molar-refractivity contribution in [2.75, 3.05) is 6.54 Å². The van der Waals surface area contributed by atoms with Crippen LogP contribution >= 0.6 is 15.9 Å². The van der Waals surface area contributed by atoms with Crippen molar-refractivity contribution in [3.8, 4) is 11.6 Å². The molecule has 1 amide bonds. The highest BCUT2D eigenvalue weighted by Gasteiger charge is 2.35. The van der Waals surface area contributed by atoms with Crippen molar-refractivity contribution in [1.29, 1.82) is 0 Å². The molecule has 1 aliphatic rings. The number of hydrogen-bond acceptors (Lipinski definition) is 5. The topological polar surface area (TPSA) is 72.4 Å². The summed E-state index contributed by atoms with van der Waals surface area (Å²) >= 11 is 3.23. The molecule has 1 unspecified atom stereocenters. The Morgan fingerprint density at radius 2 is 2.25 bits per heavy atom. The summed E-state index contributed by atoms with van der Waals surface area (Å²) < 4.78 is 11.3. The van der Waals surface area contributed by atoms with E-state index in [1.54, 1.807) is 12.1 Å². The van der Waals surface area contributed by atoms with Gasteiger partial charge in [0.05, 0.1) is 5.92 Å². The summed E-state index contributed by atoms with van der Waals surface area (Å²) in [5, 5.41) is 3.91. The van der Waals surface area contributed by atoms with Crippen molar-refractivity contribution in [1.82, 2.24) is 15.0 Å². The highest BCUT2D eigenvalue weighted by atomic mass is 79.9. The van der Waals surface area contributed by atoms with Gasteiger partial charge in [-0.25, -0.2) is 0 Å². The van der Waals surface area contributed by atoms with Crippen LogP contribution in [0.3, 0.4) is 0 Å². The standard InChI is InChI=1S/C13H14BrN3O3/c1-7(2)17-6-8(5-11(17)18)13-15-12(16-20-13)9-3-4-10(14)19-9/h3-4,7-8H,5-6H2,1-2H3. The molecule has 0 aromatic carbocycles. The number of likely N-dealkylation sites (tertiary alicyclic amines) is 1. The van der Waals surface area contributed by atoms with E-state index < -0.39 is 0 Å². The van der Waals surface area contributed by atoms with Crippen LogP contribution in [0, 0.1) is 0 Å². The second-order valence-electron chi connectivity index (χ2n) is 5.10. The molecule has 7 heteroatoms. The van der Waals surface area contributed by atoms with E-state index >= 15 is 0 Å². The summed E-state index contributed by atoms with van der Waals surface area (Å²) in [6.45, 7) is 4.62. The zero-order valence-electron chi connectivity index (χ0n) is 11.2. The fourth-order valence-corrected chi connectivity index (χ4v) is 2.64.